The van der Waals surface area contributed by atoms with Crippen LogP contribution in [0.2, 0.25) is 0 Å². The third kappa shape index (κ3) is 4.62. The van der Waals surface area contributed by atoms with Crippen molar-refractivity contribution in [1.29, 1.82) is 0 Å². The van der Waals surface area contributed by atoms with Crippen LogP contribution in [-0.2, 0) is 11.8 Å². The van der Waals surface area contributed by atoms with E-state index >= 15 is 0 Å². The van der Waals surface area contributed by atoms with Gasteiger partial charge in [-0.15, -0.1) is 0 Å². The molecule has 2 aliphatic heterocycles. The highest BCUT2D eigenvalue weighted by molar-refractivity contribution is 5.97. The number of hydrogen-bond donors (Lipinski definition) is 0. The summed E-state index contributed by atoms with van der Waals surface area (Å²) >= 11 is 0. The van der Waals surface area contributed by atoms with Crippen LogP contribution in [0.25, 0.3) is 11.3 Å². The molecule has 162 valence electrons. The number of likely N-dealkylation sites (tertiary alicyclic amines) is 1. The third-order valence-electron chi connectivity index (χ3n) is 6.83. The molecule has 0 radical (unpaired) electrons. The zero-order valence-electron chi connectivity index (χ0n) is 18.5. The number of ether oxygens (including phenoxy) is 1. The van der Waals surface area contributed by atoms with E-state index in [2.05, 4.69) is 46.5 Å². The van der Waals surface area contributed by atoms with Crippen LogP contribution in [0, 0.1) is 6.92 Å². The van der Waals surface area contributed by atoms with Crippen molar-refractivity contribution >= 4 is 5.91 Å². The molecule has 0 bridgehead atoms. The van der Waals surface area contributed by atoms with Gasteiger partial charge >= 0.3 is 0 Å². The second-order valence-electron chi connectivity index (χ2n) is 8.70. The predicted octanol–water partition coefficient (Wildman–Crippen LogP) is 4.11. The van der Waals surface area contributed by atoms with E-state index in [1.807, 2.05) is 18.2 Å². The predicted molar refractivity (Wildman–Crippen MR) is 121 cm³/mol. The van der Waals surface area contributed by atoms with Crippen LogP contribution >= 0.6 is 0 Å². The number of aromatic nitrogens is 1. The van der Waals surface area contributed by atoms with Crippen LogP contribution in [0.5, 0.6) is 0 Å². The molecule has 0 saturated carbocycles. The summed E-state index contributed by atoms with van der Waals surface area (Å²) in [7, 11) is 2.06. The number of nitrogens with zero attached hydrogens (tertiary/aromatic N) is 3. The van der Waals surface area contributed by atoms with Crippen LogP contribution in [0.4, 0.5) is 0 Å². The highest BCUT2D eigenvalue weighted by Crippen LogP contribution is 2.27. The Bertz CT molecular complexity index is 834. The van der Waals surface area contributed by atoms with Gasteiger partial charge in [-0.1, -0.05) is 36.8 Å². The van der Waals surface area contributed by atoms with Crippen LogP contribution in [0.1, 0.15) is 48.2 Å². The van der Waals surface area contributed by atoms with Crippen molar-refractivity contribution in [2.75, 3.05) is 39.4 Å². The molecule has 0 N–H and O–H groups in total. The van der Waals surface area contributed by atoms with Crippen molar-refractivity contribution in [2.45, 2.75) is 45.1 Å². The van der Waals surface area contributed by atoms with Crippen molar-refractivity contribution in [3.8, 4) is 11.3 Å². The Morgan fingerprint density at radius 2 is 1.80 bits per heavy atom. The van der Waals surface area contributed by atoms with E-state index in [9.17, 15) is 4.79 Å². The van der Waals surface area contributed by atoms with E-state index in [1.165, 1.54) is 32.4 Å². The zero-order chi connectivity index (χ0) is 20.9. The quantitative estimate of drug-likeness (QED) is 0.721. The molecule has 2 saturated heterocycles. The number of carbonyl (C=O) groups is 1. The van der Waals surface area contributed by atoms with Gasteiger partial charge in [-0.05, 0) is 57.3 Å². The first-order valence-corrected chi connectivity index (χ1v) is 11.5. The van der Waals surface area contributed by atoms with E-state index < -0.39 is 0 Å². The Hall–Kier alpha value is -2.11. The number of benzene rings is 1. The standard InChI is InChI=1S/C25H35N3O2/c1-20-23(19-24(26(20)2)21-9-5-3-6-10-21)25(29)28(22-11-17-30-18-12-22)16-15-27-13-7-4-8-14-27/h3,5-6,9-10,19,22H,4,7-8,11-18H2,1-2H3. The van der Waals surface area contributed by atoms with Crippen LogP contribution in [-0.4, -0.2) is 65.7 Å². The molecule has 0 unspecified atom stereocenters. The van der Waals surface area contributed by atoms with Gasteiger partial charge in [0.15, 0.2) is 0 Å². The smallest absolute Gasteiger partial charge is 0.255 e. The van der Waals surface area contributed by atoms with Crippen molar-refractivity contribution in [3.63, 3.8) is 0 Å². The molecular formula is C25H35N3O2. The van der Waals surface area contributed by atoms with E-state index in [0.717, 1.165) is 61.7 Å². The highest BCUT2D eigenvalue weighted by atomic mass is 16.5. The topological polar surface area (TPSA) is 37.7 Å². The Morgan fingerprint density at radius 1 is 1.10 bits per heavy atom. The largest absolute Gasteiger partial charge is 0.381 e. The fraction of sp³-hybridized carbons (Fsp3) is 0.560. The third-order valence-corrected chi connectivity index (χ3v) is 6.83. The first-order valence-electron chi connectivity index (χ1n) is 11.5. The Labute approximate surface area is 180 Å². The summed E-state index contributed by atoms with van der Waals surface area (Å²) in [5.41, 5.74) is 4.11. The minimum atomic E-state index is 0.175. The molecule has 2 aliphatic rings. The molecule has 5 heteroatoms. The molecule has 1 aromatic carbocycles. The first-order chi connectivity index (χ1) is 14.6. The highest BCUT2D eigenvalue weighted by Gasteiger charge is 2.29. The summed E-state index contributed by atoms with van der Waals surface area (Å²) in [6.07, 6.45) is 5.77. The lowest BCUT2D eigenvalue weighted by molar-refractivity contribution is 0.0258. The maximum absolute atomic E-state index is 13.8. The van der Waals surface area contributed by atoms with Crippen LogP contribution < -0.4 is 0 Å². The Morgan fingerprint density at radius 3 is 2.50 bits per heavy atom. The van der Waals surface area contributed by atoms with Gasteiger partial charge in [0.1, 0.15) is 0 Å². The first kappa shape index (κ1) is 21.1. The molecule has 5 nitrogen and oxygen atoms in total. The summed E-state index contributed by atoms with van der Waals surface area (Å²) in [6, 6.07) is 12.7. The molecule has 30 heavy (non-hydrogen) atoms. The van der Waals surface area contributed by atoms with Crippen molar-refractivity contribution in [2.24, 2.45) is 7.05 Å². The molecule has 4 rings (SSSR count). The molecule has 2 fully saturated rings. The lowest BCUT2D eigenvalue weighted by Gasteiger charge is -2.36. The molecule has 0 spiro atoms. The normalized spacial score (nSPS) is 18.5. The van der Waals surface area contributed by atoms with Gasteiger partial charge < -0.3 is 19.1 Å². The molecule has 1 amide bonds. The van der Waals surface area contributed by atoms with Gasteiger partial charge in [0, 0.05) is 50.8 Å². The average molecular weight is 410 g/mol. The molecule has 0 aliphatic carbocycles. The minimum Gasteiger partial charge on any atom is -0.381 e. The SMILES string of the molecule is Cc1c(C(=O)N(CCN2CCCCC2)C2CCOCC2)cc(-c2ccccc2)n1C. The average Bonchev–Trinajstić information content (AvgIpc) is 3.10. The fourth-order valence-electron chi connectivity index (χ4n) is 4.84. The lowest BCUT2D eigenvalue weighted by atomic mass is 10.0. The maximum atomic E-state index is 13.8. The van der Waals surface area contributed by atoms with E-state index in [4.69, 9.17) is 4.74 Å². The van der Waals surface area contributed by atoms with Gasteiger partial charge in [0.2, 0.25) is 0 Å². The molecule has 1 aromatic heterocycles. The second-order valence-corrected chi connectivity index (χ2v) is 8.70. The van der Waals surface area contributed by atoms with Crippen molar-refractivity contribution < 1.29 is 9.53 Å². The van der Waals surface area contributed by atoms with Gasteiger partial charge in [-0.2, -0.15) is 0 Å². The molecule has 0 atom stereocenters. The minimum absolute atomic E-state index is 0.175. The Balaban J connectivity index is 1.57. The van der Waals surface area contributed by atoms with Gasteiger partial charge in [0.25, 0.3) is 5.91 Å². The van der Waals surface area contributed by atoms with Gasteiger partial charge in [0.05, 0.1) is 5.56 Å². The van der Waals surface area contributed by atoms with E-state index in [1.54, 1.807) is 0 Å². The number of amides is 1. The number of piperidine rings is 1. The molecule has 2 aromatic rings. The van der Waals surface area contributed by atoms with Crippen LogP contribution in [0.15, 0.2) is 36.4 Å². The van der Waals surface area contributed by atoms with Crippen LogP contribution in [0.3, 0.4) is 0 Å². The van der Waals surface area contributed by atoms with Crippen molar-refractivity contribution in [3.05, 3.63) is 47.7 Å². The molecule has 3 heterocycles. The number of carbonyl (C=O) groups excluding carboxylic acids is 1. The Kier molecular flexibility index (Phi) is 6.90. The monoisotopic (exact) mass is 409 g/mol. The summed E-state index contributed by atoms with van der Waals surface area (Å²) in [4.78, 5) is 18.5. The zero-order valence-corrected chi connectivity index (χ0v) is 18.5. The fourth-order valence-corrected chi connectivity index (χ4v) is 4.84. The lowest BCUT2D eigenvalue weighted by Crippen LogP contribution is -2.47. The summed E-state index contributed by atoms with van der Waals surface area (Å²) in [5, 5.41) is 0. The van der Waals surface area contributed by atoms with E-state index in [-0.39, 0.29) is 11.9 Å². The van der Waals surface area contributed by atoms with Crippen molar-refractivity contribution in [1.82, 2.24) is 14.4 Å². The number of rotatable bonds is 6. The summed E-state index contributed by atoms with van der Waals surface area (Å²) in [5.74, 6) is 0.175. The summed E-state index contributed by atoms with van der Waals surface area (Å²) in [6.45, 7) is 7.67. The molecular weight excluding hydrogens is 374 g/mol. The summed E-state index contributed by atoms with van der Waals surface area (Å²) < 4.78 is 7.73. The van der Waals surface area contributed by atoms with E-state index in [0.29, 0.717) is 0 Å². The number of hydrogen-bond acceptors (Lipinski definition) is 3. The van der Waals surface area contributed by atoms with Gasteiger partial charge in [-0.3, -0.25) is 4.79 Å². The second kappa shape index (κ2) is 9.80. The van der Waals surface area contributed by atoms with Gasteiger partial charge in [-0.25, -0.2) is 0 Å². The maximum Gasteiger partial charge on any atom is 0.255 e.